The molecule has 1 radical (unpaired) electrons. The zero-order chi connectivity index (χ0) is 10.6. The van der Waals surface area contributed by atoms with E-state index in [1.54, 1.807) is 0 Å². The lowest BCUT2D eigenvalue weighted by molar-refractivity contribution is -0.111. The number of carbonyl (C=O) groups is 1. The van der Waals surface area contributed by atoms with Crippen LogP contribution >= 0.6 is 11.8 Å². The molecule has 0 amide bonds. The van der Waals surface area contributed by atoms with Gasteiger partial charge in [-0.25, -0.2) is 0 Å². The third-order valence-corrected chi connectivity index (χ3v) is 2.98. The molecule has 0 aromatic heterocycles. The fraction of sp³-hybridized carbons (Fsp3) is 0.833. The second-order valence-electron chi connectivity index (χ2n) is 3.59. The van der Waals surface area contributed by atoms with E-state index in [0.29, 0.717) is 10.9 Å². The number of thioether (sulfide) groups is 1. The van der Waals surface area contributed by atoms with Crippen molar-refractivity contribution < 1.29 is 4.79 Å². The van der Waals surface area contributed by atoms with Crippen LogP contribution in [0.15, 0.2) is 0 Å². The van der Waals surface area contributed by atoms with Gasteiger partial charge in [0.25, 0.3) is 0 Å². The minimum absolute atomic E-state index is 0.313. The lowest BCUT2D eigenvalue weighted by Crippen LogP contribution is -1.92. The summed E-state index contributed by atoms with van der Waals surface area (Å²) in [5, 5.41) is 0.313. The summed E-state index contributed by atoms with van der Waals surface area (Å²) in [6.07, 6.45) is 9.68. The van der Waals surface area contributed by atoms with E-state index in [4.69, 9.17) is 0 Å². The zero-order valence-corrected chi connectivity index (χ0v) is 10.2. The average molecular weight is 215 g/mol. The van der Waals surface area contributed by atoms with Gasteiger partial charge in [0.15, 0.2) is 5.12 Å². The van der Waals surface area contributed by atoms with Crippen molar-refractivity contribution in [1.82, 2.24) is 0 Å². The first kappa shape index (κ1) is 14.0. The highest BCUT2D eigenvalue weighted by atomic mass is 32.2. The fourth-order valence-electron chi connectivity index (χ4n) is 1.41. The molecule has 0 fully saturated rings. The third kappa shape index (κ3) is 10.1. The highest BCUT2D eigenvalue weighted by molar-refractivity contribution is 8.13. The van der Waals surface area contributed by atoms with E-state index in [1.807, 2.05) is 0 Å². The lowest BCUT2D eigenvalue weighted by atomic mass is 10.1. The van der Waals surface area contributed by atoms with Crippen LogP contribution in [0.2, 0.25) is 0 Å². The van der Waals surface area contributed by atoms with E-state index < -0.39 is 0 Å². The van der Waals surface area contributed by atoms with E-state index in [9.17, 15) is 4.79 Å². The van der Waals surface area contributed by atoms with Crippen molar-refractivity contribution in [2.45, 2.75) is 58.3 Å². The number of unbranched alkanes of at least 4 members (excludes halogenated alkanes) is 6. The van der Waals surface area contributed by atoms with Crippen molar-refractivity contribution in [3.63, 3.8) is 0 Å². The van der Waals surface area contributed by atoms with Gasteiger partial charge in [0.2, 0.25) is 0 Å². The summed E-state index contributed by atoms with van der Waals surface area (Å²) in [5.74, 6) is 0.676. The van der Waals surface area contributed by atoms with Crippen molar-refractivity contribution in [1.29, 1.82) is 0 Å². The van der Waals surface area contributed by atoms with Crippen molar-refractivity contribution >= 4 is 16.9 Å². The van der Waals surface area contributed by atoms with Crippen LogP contribution < -0.4 is 0 Å². The van der Waals surface area contributed by atoms with Gasteiger partial charge in [-0.15, -0.1) is 0 Å². The van der Waals surface area contributed by atoms with Crippen LogP contribution in [-0.4, -0.2) is 10.9 Å². The van der Waals surface area contributed by atoms with Crippen molar-refractivity contribution in [2.75, 3.05) is 5.75 Å². The molecule has 0 rings (SSSR count). The van der Waals surface area contributed by atoms with Gasteiger partial charge in [-0.05, 0) is 13.3 Å². The Morgan fingerprint density at radius 3 is 2.21 bits per heavy atom. The van der Waals surface area contributed by atoms with E-state index in [-0.39, 0.29) is 0 Å². The minimum Gasteiger partial charge on any atom is -0.287 e. The Hall–Kier alpha value is 0.0200. The second kappa shape index (κ2) is 11.1. The van der Waals surface area contributed by atoms with Gasteiger partial charge < -0.3 is 0 Å². The van der Waals surface area contributed by atoms with Crippen LogP contribution in [0.5, 0.6) is 0 Å². The molecule has 0 heterocycles. The summed E-state index contributed by atoms with van der Waals surface area (Å²) in [7, 11) is 0. The first-order valence-electron chi connectivity index (χ1n) is 5.76. The van der Waals surface area contributed by atoms with Crippen LogP contribution in [-0.2, 0) is 4.79 Å². The number of hydrogen-bond donors (Lipinski definition) is 0. The van der Waals surface area contributed by atoms with Crippen LogP contribution in [0.4, 0.5) is 0 Å². The molecule has 0 spiro atoms. The Morgan fingerprint density at radius 1 is 1.07 bits per heavy atom. The minimum atomic E-state index is 0.313. The monoisotopic (exact) mass is 215 g/mol. The standard InChI is InChI=1S/C12H23OS/c1-3-5-6-7-8-9-10-11-12(13)14-4-2/h2-11H2,1H3. The molecule has 0 aliphatic heterocycles. The molecule has 0 aromatic rings. The Labute approximate surface area is 93.0 Å². The second-order valence-corrected chi connectivity index (χ2v) is 4.74. The molecule has 0 aromatic carbocycles. The highest BCUT2D eigenvalue weighted by Gasteiger charge is 1.99. The molecule has 0 unspecified atom stereocenters. The number of hydrogen-bond acceptors (Lipinski definition) is 2. The zero-order valence-electron chi connectivity index (χ0n) is 9.39. The summed E-state index contributed by atoms with van der Waals surface area (Å²) < 4.78 is 0. The quantitative estimate of drug-likeness (QED) is 0.536. The van der Waals surface area contributed by atoms with Crippen LogP contribution in [0, 0.1) is 6.92 Å². The van der Waals surface area contributed by atoms with Gasteiger partial charge in [0.1, 0.15) is 0 Å². The summed E-state index contributed by atoms with van der Waals surface area (Å²) in [4.78, 5) is 11.1. The normalized spacial score (nSPS) is 10.4. The Balaban J connectivity index is 3.01. The molecule has 83 valence electrons. The van der Waals surface area contributed by atoms with Gasteiger partial charge in [-0.1, -0.05) is 57.2 Å². The topological polar surface area (TPSA) is 17.1 Å². The Kier molecular flexibility index (Phi) is 11.1. The van der Waals surface area contributed by atoms with Gasteiger partial charge in [-0.2, -0.15) is 0 Å². The predicted octanol–water partition coefficient (Wildman–Crippen LogP) is 4.22. The molecule has 14 heavy (non-hydrogen) atoms. The summed E-state index contributed by atoms with van der Waals surface area (Å²) in [6, 6.07) is 0. The smallest absolute Gasteiger partial charge is 0.188 e. The average Bonchev–Trinajstić information content (AvgIpc) is 2.17. The fourth-order valence-corrected chi connectivity index (χ4v) is 1.93. The van der Waals surface area contributed by atoms with Crippen LogP contribution in [0.3, 0.4) is 0 Å². The molecular weight excluding hydrogens is 192 g/mol. The van der Waals surface area contributed by atoms with Gasteiger partial charge in [-0.3, -0.25) is 4.79 Å². The SMILES string of the molecule is [CH2]CSC(=O)CCCCCCCCC. The van der Waals surface area contributed by atoms with Crippen molar-refractivity contribution in [2.24, 2.45) is 0 Å². The molecule has 0 aliphatic rings. The first-order valence-corrected chi connectivity index (χ1v) is 6.74. The maximum atomic E-state index is 11.1. The molecule has 0 atom stereocenters. The first-order chi connectivity index (χ1) is 6.81. The van der Waals surface area contributed by atoms with Crippen molar-refractivity contribution in [3.8, 4) is 0 Å². The van der Waals surface area contributed by atoms with E-state index >= 15 is 0 Å². The molecule has 0 N–H and O–H groups in total. The molecule has 0 saturated heterocycles. The summed E-state index contributed by atoms with van der Waals surface area (Å²) in [5.41, 5.74) is 0. The van der Waals surface area contributed by atoms with E-state index in [1.165, 1.54) is 50.3 Å². The van der Waals surface area contributed by atoms with Gasteiger partial charge in [0, 0.05) is 12.2 Å². The number of rotatable bonds is 9. The summed E-state index contributed by atoms with van der Waals surface area (Å²) >= 11 is 1.35. The maximum Gasteiger partial charge on any atom is 0.188 e. The van der Waals surface area contributed by atoms with Crippen LogP contribution in [0.25, 0.3) is 0 Å². The van der Waals surface area contributed by atoms with Gasteiger partial charge >= 0.3 is 0 Å². The third-order valence-electron chi connectivity index (χ3n) is 2.25. The summed E-state index contributed by atoms with van der Waals surface area (Å²) in [6.45, 7) is 5.88. The molecule has 0 bridgehead atoms. The highest BCUT2D eigenvalue weighted by Crippen LogP contribution is 2.11. The van der Waals surface area contributed by atoms with Crippen molar-refractivity contribution in [3.05, 3.63) is 6.92 Å². The number of carbonyl (C=O) groups excluding carboxylic acids is 1. The van der Waals surface area contributed by atoms with Crippen LogP contribution in [0.1, 0.15) is 58.3 Å². The van der Waals surface area contributed by atoms with Gasteiger partial charge in [0.05, 0.1) is 0 Å². The molecule has 0 saturated carbocycles. The lowest BCUT2D eigenvalue weighted by Gasteiger charge is -2.00. The Bertz CT molecular complexity index is 134. The molecule has 1 nitrogen and oxygen atoms in total. The van der Waals surface area contributed by atoms with E-state index in [2.05, 4.69) is 13.8 Å². The Morgan fingerprint density at radius 2 is 1.64 bits per heavy atom. The predicted molar refractivity (Wildman–Crippen MR) is 65.4 cm³/mol. The molecular formula is C12H23OS. The molecule has 2 heteroatoms. The van der Waals surface area contributed by atoms with E-state index in [0.717, 1.165) is 12.8 Å². The maximum absolute atomic E-state index is 11.1. The largest absolute Gasteiger partial charge is 0.287 e. The molecule has 0 aliphatic carbocycles.